The molecule has 1 fully saturated rings. The Morgan fingerprint density at radius 3 is 2.79 bits per heavy atom. The number of carbonyl (C=O) groups excluding carboxylic acids is 1. The zero-order valence-corrected chi connectivity index (χ0v) is 14.2. The fourth-order valence-corrected chi connectivity index (χ4v) is 3.70. The molecule has 4 nitrogen and oxygen atoms in total. The van der Waals surface area contributed by atoms with Crippen LogP contribution in [0.3, 0.4) is 0 Å². The van der Waals surface area contributed by atoms with Crippen molar-refractivity contribution in [1.29, 1.82) is 0 Å². The van der Waals surface area contributed by atoms with E-state index in [2.05, 4.69) is 15.5 Å². The Morgan fingerprint density at radius 1 is 1.33 bits per heavy atom. The van der Waals surface area contributed by atoms with Gasteiger partial charge in [-0.3, -0.25) is 9.89 Å². The first-order chi connectivity index (χ1) is 11.6. The van der Waals surface area contributed by atoms with Crippen molar-refractivity contribution < 1.29 is 9.18 Å². The number of aromatic amines is 1. The smallest absolute Gasteiger partial charge is 0.169 e. The van der Waals surface area contributed by atoms with Crippen molar-refractivity contribution in [2.75, 3.05) is 13.6 Å². The van der Waals surface area contributed by atoms with E-state index in [4.69, 9.17) is 0 Å². The number of benzene rings is 1. The van der Waals surface area contributed by atoms with Crippen molar-refractivity contribution in [2.45, 2.75) is 32.6 Å². The molecular formula is C19H24FN3O. The summed E-state index contributed by atoms with van der Waals surface area (Å²) in [7, 11) is 1.90. The second kappa shape index (κ2) is 7.26. The molecule has 1 aliphatic rings. The first-order valence-electron chi connectivity index (χ1n) is 8.61. The topological polar surface area (TPSA) is 57.8 Å². The highest BCUT2D eigenvalue weighted by atomic mass is 19.1. The number of carbonyl (C=O) groups is 1. The van der Waals surface area contributed by atoms with Crippen LogP contribution in [0.15, 0.2) is 24.3 Å². The van der Waals surface area contributed by atoms with Gasteiger partial charge in [0.2, 0.25) is 0 Å². The zero-order chi connectivity index (χ0) is 17.1. The number of nitrogens with one attached hydrogen (secondary N) is 2. The van der Waals surface area contributed by atoms with E-state index in [0.717, 1.165) is 37.9 Å². The van der Waals surface area contributed by atoms with E-state index in [1.165, 1.54) is 6.07 Å². The fourth-order valence-electron chi connectivity index (χ4n) is 3.70. The third-order valence-electron chi connectivity index (χ3n) is 4.95. The molecule has 128 valence electrons. The molecule has 1 saturated carbocycles. The molecule has 0 saturated heterocycles. The number of rotatable bonds is 5. The van der Waals surface area contributed by atoms with E-state index in [0.29, 0.717) is 17.2 Å². The summed E-state index contributed by atoms with van der Waals surface area (Å²) in [6, 6.07) is 6.67. The Balaban J connectivity index is 1.84. The largest absolute Gasteiger partial charge is 0.319 e. The highest BCUT2D eigenvalue weighted by Crippen LogP contribution is 2.33. The van der Waals surface area contributed by atoms with Crippen molar-refractivity contribution in [3.05, 3.63) is 41.3 Å². The molecule has 24 heavy (non-hydrogen) atoms. The van der Waals surface area contributed by atoms with Gasteiger partial charge in [-0.1, -0.05) is 18.9 Å². The summed E-state index contributed by atoms with van der Waals surface area (Å²) < 4.78 is 14.6. The van der Waals surface area contributed by atoms with Crippen molar-refractivity contribution in [3.63, 3.8) is 0 Å². The second-order valence-electron chi connectivity index (χ2n) is 6.70. The normalized spacial score (nSPS) is 21.0. The van der Waals surface area contributed by atoms with Gasteiger partial charge in [0.1, 0.15) is 5.82 Å². The minimum atomic E-state index is -0.452. The number of aryl methyl sites for hydroxylation is 1. The lowest BCUT2D eigenvalue weighted by Gasteiger charge is -2.30. The molecule has 3 rings (SSSR count). The maximum absolute atomic E-state index is 14.6. The zero-order valence-electron chi connectivity index (χ0n) is 14.2. The van der Waals surface area contributed by atoms with Gasteiger partial charge in [-0.15, -0.1) is 0 Å². The van der Waals surface area contributed by atoms with Crippen LogP contribution in [-0.4, -0.2) is 29.6 Å². The van der Waals surface area contributed by atoms with Crippen molar-refractivity contribution >= 4 is 5.78 Å². The van der Waals surface area contributed by atoms with Gasteiger partial charge in [-0.25, -0.2) is 4.39 Å². The highest BCUT2D eigenvalue weighted by Gasteiger charge is 2.32. The molecule has 1 aromatic heterocycles. The predicted molar refractivity (Wildman–Crippen MR) is 92.4 cm³/mol. The van der Waals surface area contributed by atoms with Crippen molar-refractivity contribution in [2.24, 2.45) is 11.8 Å². The van der Waals surface area contributed by atoms with Crippen LogP contribution in [0.5, 0.6) is 0 Å². The third kappa shape index (κ3) is 3.41. The number of hydrogen-bond acceptors (Lipinski definition) is 3. The number of ketones is 1. The number of halogens is 1. The summed E-state index contributed by atoms with van der Waals surface area (Å²) in [6.07, 6.45) is 4.08. The van der Waals surface area contributed by atoms with Gasteiger partial charge < -0.3 is 5.32 Å². The molecule has 2 atom stereocenters. The van der Waals surface area contributed by atoms with Gasteiger partial charge in [-0.05, 0) is 57.5 Å². The maximum Gasteiger partial charge on any atom is 0.169 e. The van der Waals surface area contributed by atoms with Crippen LogP contribution in [0, 0.1) is 24.6 Å². The van der Waals surface area contributed by atoms with E-state index < -0.39 is 5.82 Å². The minimum Gasteiger partial charge on any atom is -0.319 e. The molecule has 0 spiro atoms. The number of hydrogen-bond donors (Lipinski definition) is 2. The lowest BCUT2D eigenvalue weighted by atomic mass is 9.75. The Kier molecular flexibility index (Phi) is 5.09. The first-order valence-corrected chi connectivity index (χ1v) is 8.61. The van der Waals surface area contributed by atoms with Crippen LogP contribution >= 0.6 is 0 Å². The summed E-state index contributed by atoms with van der Waals surface area (Å²) in [5.74, 6) is -0.298. The molecule has 0 aliphatic heterocycles. The van der Waals surface area contributed by atoms with Gasteiger partial charge in [0.15, 0.2) is 5.78 Å². The number of nitrogens with zero attached hydrogens (tertiary/aromatic N) is 1. The summed E-state index contributed by atoms with van der Waals surface area (Å²) in [5.41, 5.74) is 2.50. The molecule has 2 unspecified atom stereocenters. The van der Waals surface area contributed by atoms with Crippen molar-refractivity contribution in [1.82, 2.24) is 15.5 Å². The predicted octanol–water partition coefficient (Wildman–Crippen LogP) is 3.73. The molecule has 1 aliphatic carbocycles. The Labute approximate surface area is 141 Å². The molecule has 1 heterocycles. The summed E-state index contributed by atoms with van der Waals surface area (Å²) >= 11 is 0. The molecule has 2 aromatic rings. The molecule has 0 radical (unpaired) electrons. The van der Waals surface area contributed by atoms with Crippen LogP contribution in [0.1, 0.15) is 41.7 Å². The van der Waals surface area contributed by atoms with Gasteiger partial charge in [0, 0.05) is 17.2 Å². The summed E-state index contributed by atoms with van der Waals surface area (Å²) in [6.45, 7) is 2.71. The maximum atomic E-state index is 14.6. The Morgan fingerprint density at radius 2 is 2.12 bits per heavy atom. The van der Waals surface area contributed by atoms with Gasteiger partial charge in [-0.2, -0.15) is 5.10 Å². The molecule has 0 bridgehead atoms. The third-order valence-corrected chi connectivity index (χ3v) is 4.95. The Hall–Kier alpha value is -2.01. The van der Waals surface area contributed by atoms with Crippen LogP contribution in [-0.2, 0) is 0 Å². The van der Waals surface area contributed by atoms with Crippen molar-refractivity contribution in [3.8, 4) is 11.3 Å². The van der Waals surface area contributed by atoms with E-state index in [9.17, 15) is 9.18 Å². The number of Topliss-reactive ketones (excluding diaryl/α,β-unsaturated/α-hetero) is 1. The van der Waals surface area contributed by atoms with Crippen LogP contribution in [0.2, 0.25) is 0 Å². The van der Waals surface area contributed by atoms with Gasteiger partial charge >= 0.3 is 0 Å². The molecule has 5 heteroatoms. The average Bonchev–Trinajstić information content (AvgIpc) is 3.01. The summed E-state index contributed by atoms with van der Waals surface area (Å²) in [4.78, 5) is 12.9. The van der Waals surface area contributed by atoms with E-state index in [-0.39, 0.29) is 17.3 Å². The second-order valence-corrected chi connectivity index (χ2v) is 6.70. The van der Waals surface area contributed by atoms with Gasteiger partial charge in [0.05, 0.1) is 11.3 Å². The lowest BCUT2D eigenvalue weighted by molar-refractivity contribution is 0.0820. The SMILES string of the molecule is CNCC1CCCCC1C(=O)c1ccc(-c2cc(C)[nH]n2)cc1F. The van der Waals surface area contributed by atoms with Crippen LogP contribution < -0.4 is 5.32 Å². The molecule has 0 amide bonds. The fraction of sp³-hybridized carbons (Fsp3) is 0.474. The Bertz CT molecular complexity index is 723. The lowest BCUT2D eigenvalue weighted by Crippen LogP contribution is -2.34. The standard InChI is InChI=1S/C19H24FN3O/c1-12-9-18(23-22-12)13-7-8-16(17(20)10-13)19(24)15-6-4-3-5-14(15)11-21-2/h7-10,14-15,21H,3-6,11H2,1-2H3,(H,22,23). The average molecular weight is 329 g/mol. The highest BCUT2D eigenvalue weighted by molar-refractivity contribution is 5.98. The molecule has 1 aromatic carbocycles. The van der Waals surface area contributed by atoms with Crippen LogP contribution in [0.25, 0.3) is 11.3 Å². The minimum absolute atomic E-state index is 0.0581. The summed E-state index contributed by atoms with van der Waals surface area (Å²) in [5, 5.41) is 10.2. The van der Waals surface area contributed by atoms with Crippen LogP contribution in [0.4, 0.5) is 4.39 Å². The number of aromatic nitrogens is 2. The molecule has 2 N–H and O–H groups in total. The molecular weight excluding hydrogens is 305 g/mol. The quantitative estimate of drug-likeness (QED) is 0.822. The first kappa shape index (κ1) is 16.8. The van der Waals surface area contributed by atoms with E-state index >= 15 is 0 Å². The number of H-pyrrole nitrogens is 1. The van der Waals surface area contributed by atoms with E-state index in [1.54, 1.807) is 12.1 Å². The monoisotopic (exact) mass is 329 g/mol. The van der Waals surface area contributed by atoms with E-state index in [1.807, 2.05) is 20.0 Å². The van der Waals surface area contributed by atoms with Gasteiger partial charge in [0.25, 0.3) is 0 Å².